The highest BCUT2D eigenvalue weighted by atomic mass is 35.5. The molecule has 2 rings (SSSR count). The van der Waals surface area contributed by atoms with Crippen molar-refractivity contribution < 1.29 is 19.5 Å². The molecule has 0 spiro atoms. The van der Waals surface area contributed by atoms with Crippen molar-refractivity contribution in [3.05, 3.63) is 69.2 Å². The Balaban J connectivity index is 2.19. The number of carbonyl (C=O) groups excluding carboxylic acids is 2. The van der Waals surface area contributed by atoms with Crippen molar-refractivity contribution in [1.29, 1.82) is 0 Å². The number of hydrogen-bond acceptors (Lipinski definition) is 3. The lowest BCUT2D eigenvalue weighted by atomic mass is 9.99. The molecule has 23 heavy (non-hydrogen) atoms. The molecule has 0 atom stereocenters. The van der Waals surface area contributed by atoms with E-state index >= 15 is 0 Å². The summed E-state index contributed by atoms with van der Waals surface area (Å²) in [6.45, 7) is 0. The maximum absolute atomic E-state index is 12.0. The number of carboxylic acid groups (broad SMARTS) is 1. The summed E-state index contributed by atoms with van der Waals surface area (Å²) < 4.78 is 0. The number of carboxylic acids is 1. The topological polar surface area (TPSA) is 71.4 Å². The molecule has 0 aromatic heterocycles. The minimum atomic E-state index is -1.61. The fraction of sp³-hybridized carbons (Fsp3) is 0.118. The van der Waals surface area contributed by atoms with Gasteiger partial charge in [-0.15, -0.1) is 0 Å². The predicted octanol–water partition coefficient (Wildman–Crippen LogP) is 3.81. The third kappa shape index (κ3) is 4.65. The number of Topliss-reactive ketones (excluding diaryl/α,β-unsaturated/α-hetero) is 2. The van der Waals surface area contributed by atoms with Gasteiger partial charge in [0, 0.05) is 15.6 Å². The normalized spacial score (nSPS) is 10.3. The Morgan fingerprint density at radius 2 is 1.74 bits per heavy atom. The van der Waals surface area contributed by atoms with Gasteiger partial charge in [0.05, 0.1) is 6.42 Å². The summed E-state index contributed by atoms with van der Waals surface area (Å²) in [5.74, 6) is -3.27. The molecular formula is C17H12Cl2O4. The van der Waals surface area contributed by atoms with E-state index < -0.39 is 24.0 Å². The Morgan fingerprint density at radius 3 is 2.43 bits per heavy atom. The van der Waals surface area contributed by atoms with E-state index in [4.69, 9.17) is 28.3 Å². The first-order chi connectivity index (χ1) is 10.9. The minimum absolute atomic E-state index is 0.287. The first-order valence-corrected chi connectivity index (χ1v) is 7.44. The van der Waals surface area contributed by atoms with Gasteiger partial charge in [-0.05, 0) is 41.8 Å². The molecule has 0 saturated heterocycles. The average molecular weight is 351 g/mol. The van der Waals surface area contributed by atoms with Crippen LogP contribution in [0.3, 0.4) is 0 Å². The zero-order valence-corrected chi connectivity index (χ0v) is 13.4. The Morgan fingerprint density at radius 1 is 1.00 bits per heavy atom. The third-order valence-corrected chi connectivity index (χ3v) is 3.81. The van der Waals surface area contributed by atoms with Crippen LogP contribution in [0.25, 0.3) is 0 Å². The molecule has 0 bridgehead atoms. The quantitative estimate of drug-likeness (QED) is 0.488. The van der Waals surface area contributed by atoms with Gasteiger partial charge in [0.2, 0.25) is 5.78 Å². The van der Waals surface area contributed by atoms with Gasteiger partial charge in [-0.1, -0.05) is 41.4 Å². The summed E-state index contributed by atoms with van der Waals surface area (Å²) in [6.07, 6.45) is -0.190. The number of ketones is 2. The summed E-state index contributed by atoms with van der Waals surface area (Å²) in [4.78, 5) is 33.6. The number of aliphatic carboxylic acids is 1. The van der Waals surface area contributed by atoms with Gasteiger partial charge < -0.3 is 5.11 Å². The van der Waals surface area contributed by atoms with Crippen molar-refractivity contribution in [2.45, 2.75) is 12.8 Å². The van der Waals surface area contributed by atoms with Gasteiger partial charge in [0.15, 0.2) is 5.78 Å². The van der Waals surface area contributed by atoms with E-state index in [1.54, 1.807) is 36.4 Å². The molecule has 0 saturated carbocycles. The Hall–Kier alpha value is -2.17. The van der Waals surface area contributed by atoms with Crippen LogP contribution in [0.15, 0.2) is 42.5 Å². The van der Waals surface area contributed by atoms with E-state index in [1.165, 1.54) is 0 Å². The lowest BCUT2D eigenvalue weighted by molar-refractivity contribution is -0.148. The zero-order valence-electron chi connectivity index (χ0n) is 11.9. The highest BCUT2D eigenvalue weighted by Gasteiger charge is 2.18. The summed E-state index contributed by atoms with van der Waals surface area (Å²) in [6, 6.07) is 11.8. The van der Waals surface area contributed by atoms with Crippen molar-refractivity contribution in [1.82, 2.24) is 0 Å². The van der Waals surface area contributed by atoms with Gasteiger partial charge in [-0.25, -0.2) is 4.79 Å². The van der Waals surface area contributed by atoms with Crippen molar-refractivity contribution in [3.8, 4) is 0 Å². The average Bonchev–Trinajstić information content (AvgIpc) is 2.51. The Labute approximate surface area is 142 Å². The van der Waals surface area contributed by atoms with Crippen LogP contribution in [0, 0.1) is 0 Å². The van der Waals surface area contributed by atoms with Gasteiger partial charge in [0.1, 0.15) is 0 Å². The van der Waals surface area contributed by atoms with E-state index in [-0.39, 0.29) is 5.56 Å². The lowest BCUT2D eigenvalue weighted by Gasteiger charge is -2.07. The molecule has 0 aliphatic rings. The molecule has 1 N–H and O–H groups in total. The fourth-order valence-electron chi connectivity index (χ4n) is 2.08. The van der Waals surface area contributed by atoms with Crippen molar-refractivity contribution in [3.63, 3.8) is 0 Å². The molecular weight excluding hydrogens is 339 g/mol. The molecule has 4 nitrogen and oxygen atoms in total. The van der Waals surface area contributed by atoms with Crippen LogP contribution in [0.1, 0.15) is 27.9 Å². The van der Waals surface area contributed by atoms with Gasteiger partial charge in [-0.2, -0.15) is 0 Å². The van der Waals surface area contributed by atoms with E-state index in [0.717, 1.165) is 11.1 Å². The van der Waals surface area contributed by atoms with E-state index in [2.05, 4.69) is 0 Å². The van der Waals surface area contributed by atoms with Crippen LogP contribution in [0.5, 0.6) is 0 Å². The van der Waals surface area contributed by atoms with Gasteiger partial charge in [0.25, 0.3) is 0 Å². The molecule has 6 heteroatoms. The number of hydrogen-bond donors (Lipinski definition) is 1. The summed E-state index contributed by atoms with van der Waals surface area (Å²) in [5.41, 5.74) is 1.91. The monoisotopic (exact) mass is 350 g/mol. The zero-order chi connectivity index (χ0) is 17.0. The van der Waals surface area contributed by atoms with Crippen LogP contribution >= 0.6 is 23.2 Å². The molecule has 0 radical (unpaired) electrons. The minimum Gasteiger partial charge on any atom is -0.475 e. The molecule has 0 unspecified atom stereocenters. The Bertz CT molecular complexity index is 784. The highest BCUT2D eigenvalue weighted by Crippen LogP contribution is 2.23. The first-order valence-electron chi connectivity index (χ1n) is 6.69. The lowest BCUT2D eigenvalue weighted by Crippen LogP contribution is -2.17. The standard InChI is InChI=1S/C17H12Cl2O4/c18-13-4-5-14(19)12(8-13)7-10-2-1-3-11(6-10)15(20)9-16(21)17(22)23/h1-6,8H,7,9H2,(H,22,23). The maximum atomic E-state index is 12.0. The molecule has 0 heterocycles. The summed E-state index contributed by atoms with van der Waals surface area (Å²) >= 11 is 12.1. The van der Waals surface area contributed by atoms with E-state index in [9.17, 15) is 14.4 Å². The Kier molecular flexibility index (Phi) is 5.53. The number of benzene rings is 2. The van der Waals surface area contributed by atoms with Crippen molar-refractivity contribution >= 4 is 40.7 Å². The number of halogens is 2. The molecule has 0 amide bonds. The van der Waals surface area contributed by atoms with Crippen molar-refractivity contribution in [2.24, 2.45) is 0 Å². The summed E-state index contributed by atoms with van der Waals surface area (Å²) in [5, 5.41) is 9.68. The SMILES string of the molecule is O=C(O)C(=O)CC(=O)c1cccc(Cc2cc(Cl)ccc2Cl)c1. The second-order valence-corrected chi connectivity index (χ2v) is 5.78. The fourth-order valence-corrected chi connectivity index (χ4v) is 2.46. The molecule has 2 aromatic carbocycles. The van der Waals surface area contributed by atoms with Crippen LogP contribution in [-0.2, 0) is 16.0 Å². The van der Waals surface area contributed by atoms with Crippen LogP contribution < -0.4 is 0 Å². The predicted molar refractivity (Wildman–Crippen MR) is 87.3 cm³/mol. The number of carbonyl (C=O) groups is 3. The second kappa shape index (κ2) is 7.40. The largest absolute Gasteiger partial charge is 0.475 e. The summed E-state index contributed by atoms with van der Waals surface area (Å²) in [7, 11) is 0. The smallest absolute Gasteiger partial charge is 0.372 e. The van der Waals surface area contributed by atoms with Crippen LogP contribution in [0.4, 0.5) is 0 Å². The van der Waals surface area contributed by atoms with Crippen LogP contribution in [0.2, 0.25) is 10.0 Å². The van der Waals surface area contributed by atoms with E-state index in [0.29, 0.717) is 16.5 Å². The van der Waals surface area contributed by atoms with Crippen LogP contribution in [-0.4, -0.2) is 22.6 Å². The van der Waals surface area contributed by atoms with Gasteiger partial charge >= 0.3 is 5.97 Å². The van der Waals surface area contributed by atoms with E-state index in [1.807, 2.05) is 6.07 Å². The molecule has 2 aromatic rings. The third-order valence-electron chi connectivity index (χ3n) is 3.21. The molecule has 118 valence electrons. The molecule has 0 fully saturated rings. The molecule has 0 aliphatic carbocycles. The second-order valence-electron chi connectivity index (χ2n) is 4.94. The highest BCUT2D eigenvalue weighted by molar-refractivity contribution is 6.37. The number of rotatable bonds is 6. The van der Waals surface area contributed by atoms with Crippen molar-refractivity contribution in [2.75, 3.05) is 0 Å². The van der Waals surface area contributed by atoms with Gasteiger partial charge in [-0.3, -0.25) is 9.59 Å². The first kappa shape index (κ1) is 17.2. The maximum Gasteiger partial charge on any atom is 0.372 e. The molecule has 0 aliphatic heterocycles.